The van der Waals surface area contributed by atoms with Crippen LogP contribution in [0.1, 0.15) is 49.4 Å². The first-order valence-corrected chi connectivity index (χ1v) is 10.5. The highest BCUT2D eigenvalue weighted by atomic mass is 16.5. The molecular weight excluding hydrogens is 370 g/mol. The highest BCUT2D eigenvalue weighted by molar-refractivity contribution is 6.00. The van der Waals surface area contributed by atoms with E-state index in [4.69, 9.17) is 0 Å². The minimum atomic E-state index is -0.528. The van der Waals surface area contributed by atoms with Crippen molar-refractivity contribution in [3.05, 3.63) is 29.8 Å². The standard InChI is InChI=1S/C22H31N3O4/c1-16-7-11-25(12-8-16)22(28)18-5-3-4-6-19(18)24-13-9-17(10-14-24)23-20(26)15-21(27)29-2/h3-6,16-17H,7-15H2,1-2H3,(H,23,26). The molecule has 1 aromatic rings. The van der Waals surface area contributed by atoms with E-state index in [-0.39, 0.29) is 24.3 Å². The Balaban J connectivity index is 1.59. The van der Waals surface area contributed by atoms with E-state index in [9.17, 15) is 14.4 Å². The normalized spacial score (nSPS) is 18.4. The van der Waals surface area contributed by atoms with Gasteiger partial charge in [-0.25, -0.2) is 0 Å². The van der Waals surface area contributed by atoms with Gasteiger partial charge in [-0.05, 0) is 43.7 Å². The Morgan fingerprint density at radius 1 is 1.03 bits per heavy atom. The van der Waals surface area contributed by atoms with E-state index in [0.717, 1.165) is 63.1 Å². The van der Waals surface area contributed by atoms with E-state index in [1.807, 2.05) is 29.2 Å². The van der Waals surface area contributed by atoms with Crippen LogP contribution in [0.15, 0.2) is 24.3 Å². The van der Waals surface area contributed by atoms with Crippen LogP contribution < -0.4 is 10.2 Å². The number of carbonyl (C=O) groups is 3. The SMILES string of the molecule is COC(=O)CC(=O)NC1CCN(c2ccccc2C(=O)N2CCC(C)CC2)CC1. The lowest BCUT2D eigenvalue weighted by Gasteiger charge is -2.36. The van der Waals surface area contributed by atoms with Gasteiger partial charge in [0.15, 0.2) is 0 Å². The summed E-state index contributed by atoms with van der Waals surface area (Å²) in [7, 11) is 1.28. The third-order valence-corrected chi connectivity index (χ3v) is 5.94. The van der Waals surface area contributed by atoms with Gasteiger partial charge in [-0.3, -0.25) is 14.4 Å². The predicted molar refractivity (Wildman–Crippen MR) is 111 cm³/mol. The van der Waals surface area contributed by atoms with Crippen LogP contribution in [-0.4, -0.2) is 62.0 Å². The monoisotopic (exact) mass is 401 g/mol. The first-order valence-electron chi connectivity index (χ1n) is 10.5. The van der Waals surface area contributed by atoms with Crippen LogP contribution >= 0.6 is 0 Å². The topological polar surface area (TPSA) is 79.0 Å². The van der Waals surface area contributed by atoms with Gasteiger partial charge < -0.3 is 19.9 Å². The molecule has 158 valence electrons. The molecule has 0 aliphatic carbocycles. The molecule has 2 aliphatic rings. The number of hydrogen-bond acceptors (Lipinski definition) is 5. The Kier molecular flexibility index (Phi) is 7.12. The van der Waals surface area contributed by atoms with Gasteiger partial charge in [-0.15, -0.1) is 0 Å². The second kappa shape index (κ2) is 9.76. The lowest BCUT2D eigenvalue weighted by molar-refractivity contribution is -0.144. The first kappa shape index (κ1) is 21.1. The Morgan fingerprint density at radius 3 is 2.34 bits per heavy atom. The smallest absolute Gasteiger partial charge is 0.315 e. The fourth-order valence-corrected chi connectivity index (χ4v) is 4.06. The number of nitrogens with one attached hydrogen (secondary N) is 1. The van der Waals surface area contributed by atoms with E-state index < -0.39 is 5.97 Å². The Labute approximate surface area is 172 Å². The van der Waals surface area contributed by atoms with Crippen LogP contribution in [0.4, 0.5) is 5.69 Å². The number of carbonyl (C=O) groups excluding carboxylic acids is 3. The maximum absolute atomic E-state index is 13.1. The average molecular weight is 402 g/mol. The van der Waals surface area contributed by atoms with Crippen molar-refractivity contribution < 1.29 is 19.1 Å². The maximum atomic E-state index is 13.1. The number of rotatable bonds is 5. The molecule has 1 N–H and O–H groups in total. The Morgan fingerprint density at radius 2 is 1.69 bits per heavy atom. The first-order chi connectivity index (χ1) is 14.0. The zero-order valence-corrected chi connectivity index (χ0v) is 17.4. The number of esters is 1. The summed E-state index contributed by atoms with van der Waals surface area (Å²) in [5.41, 5.74) is 1.73. The number of likely N-dealkylation sites (tertiary alicyclic amines) is 1. The number of para-hydroxylation sites is 1. The molecule has 3 rings (SSSR count). The molecule has 0 atom stereocenters. The number of hydrogen-bond donors (Lipinski definition) is 1. The van der Waals surface area contributed by atoms with Crippen LogP contribution in [0.5, 0.6) is 0 Å². The minimum absolute atomic E-state index is 0.0369. The predicted octanol–water partition coefficient (Wildman–Crippen LogP) is 2.21. The van der Waals surface area contributed by atoms with Crippen LogP contribution in [0.25, 0.3) is 0 Å². The highest BCUT2D eigenvalue weighted by Crippen LogP contribution is 2.27. The van der Waals surface area contributed by atoms with Gasteiger partial charge in [0.2, 0.25) is 5.91 Å². The summed E-state index contributed by atoms with van der Waals surface area (Å²) in [5, 5.41) is 2.91. The molecule has 29 heavy (non-hydrogen) atoms. The molecule has 0 saturated carbocycles. The van der Waals surface area contributed by atoms with Crippen molar-refractivity contribution >= 4 is 23.5 Å². The van der Waals surface area contributed by atoms with Crippen LogP contribution in [0.3, 0.4) is 0 Å². The van der Waals surface area contributed by atoms with E-state index in [2.05, 4.69) is 21.9 Å². The lowest BCUT2D eigenvalue weighted by atomic mass is 9.98. The van der Waals surface area contributed by atoms with Crippen LogP contribution in [-0.2, 0) is 14.3 Å². The lowest BCUT2D eigenvalue weighted by Crippen LogP contribution is -2.46. The van der Waals surface area contributed by atoms with Crippen molar-refractivity contribution in [3.8, 4) is 0 Å². The molecule has 7 heteroatoms. The number of amides is 2. The quantitative estimate of drug-likeness (QED) is 0.605. The van der Waals surface area contributed by atoms with Crippen molar-refractivity contribution in [1.29, 1.82) is 0 Å². The zero-order valence-electron chi connectivity index (χ0n) is 17.4. The summed E-state index contributed by atoms with van der Waals surface area (Å²) in [6, 6.07) is 7.85. The van der Waals surface area contributed by atoms with Gasteiger partial charge in [0.25, 0.3) is 5.91 Å². The number of piperidine rings is 2. The summed E-state index contributed by atoms with van der Waals surface area (Å²) in [6.07, 6.45) is 3.42. The van der Waals surface area contributed by atoms with Gasteiger partial charge in [0.05, 0.1) is 12.7 Å². The van der Waals surface area contributed by atoms with E-state index in [1.165, 1.54) is 7.11 Å². The summed E-state index contributed by atoms with van der Waals surface area (Å²) < 4.78 is 4.53. The van der Waals surface area contributed by atoms with Crippen molar-refractivity contribution in [1.82, 2.24) is 10.2 Å². The molecular formula is C22H31N3O4. The van der Waals surface area contributed by atoms with Gasteiger partial charge >= 0.3 is 5.97 Å². The summed E-state index contributed by atoms with van der Waals surface area (Å²) in [4.78, 5) is 40.4. The van der Waals surface area contributed by atoms with Crippen molar-refractivity contribution in [2.24, 2.45) is 5.92 Å². The Hall–Kier alpha value is -2.57. The van der Waals surface area contributed by atoms with E-state index in [1.54, 1.807) is 0 Å². The van der Waals surface area contributed by atoms with Crippen LogP contribution in [0.2, 0.25) is 0 Å². The summed E-state index contributed by atoms with van der Waals surface area (Å²) in [5.74, 6) is -0.0339. The maximum Gasteiger partial charge on any atom is 0.315 e. The third kappa shape index (κ3) is 5.49. The fourth-order valence-electron chi connectivity index (χ4n) is 4.06. The summed E-state index contributed by atoms with van der Waals surface area (Å²) >= 11 is 0. The van der Waals surface area contributed by atoms with Crippen molar-refractivity contribution in [2.75, 3.05) is 38.2 Å². The van der Waals surface area contributed by atoms with E-state index in [0.29, 0.717) is 5.92 Å². The molecule has 2 aliphatic heterocycles. The third-order valence-electron chi connectivity index (χ3n) is 5.94. The average Bonchev–Trinajstić information content (AvgIpc) is 2.74. The van der Waals surface area contributed by atoms with Crippen LogP contribution in [0, 0.1) is 5.92 Å². The van der Waals surface area contributed by atoms with Crippen molar-refractivity contribution in [3.63, 3.8) is 0 Å². The number of methoxy groups -OCH3 is 1. The van der Waals surface area contributed by atoms with Crippen molar-refractivity contribution in [2.45, 2.75) is 45.1 Å². The molecule has 0 aromatic heterocycles. The molecule has 0 unspecified atom stereocenters. The largest absolute Gasteiger partial charge is 0.469 e. The highest BCUT2D eigenvalue weighted by Gasteiger charge is 2.27. The molecule has 2 heterocycles. The molecule has 2 fully saturated rings. The second-order valence-corrected chi connectivity index (χ2v) is 8.07. The van der Waals surface area contributed by atoms with Gasteiger partial charge in [-0.1, -0.05) is 19.1 Å². The molecule has 0 radical (unpaired) electrons. The number of ether oxygens (including phenoxy) is 1. The Bertz CT molecular complexity index is 735. The molecule has 1 aromatic carbocycles. The minimum Gasteiger partial charge on any atom is -0.469 e. The van der Waals surface area contributed by atoms with Gasteiger partial charge in [-0.2, -0.15) is 0 Å². The molecule has 0 spiro atoms. The molecule has 0 bridgehead atoms. The summed E-state index contributed by atoms with van der Waals surface area (Å²) in [6.45, 7) is 5.39. The molecule has 2 saturated heterocycles. The van der Waals surface area contributed by atoms with Gasteiger partial charge in [0.1, 0.15) is 6.42 Å². The molecule has 7 nitrogen and oxygen atoms in total. The zero-order chi connectivity index (χ0) is 20.8. The van der Waals surface area contributed by atoms with Gasteiger partial charge in [0, 0.05) is 37.9 Å². The number of anilines is 1. The number of benzene rings is 1. The number of nitrogens with zero attached hydrogens (tertiary/aromatic N) is 2. The van der Waals surface area contributed by atoms with E-state index >= 15 is 0 Å². The second-order valence-electron chi connectivity index (χ2n) is 8.07. The fraction of sp³-hybridized carbons (Fsp3) is 0.591. The molecule has 2 amide bonds.